The number of hydrogen-bond donors (Lipinski definition) is 2. The van der Waals surface area contributed by atoms with E-state index in [4.69, 9.17) is 4.42 Å². The van der Waals surface area contributed by atoms with Crippen LogP contribution in [0.4, 0.5) is 0 Å². The highest BCUT2D eigenvalue weighted by molar-refractivity contribution is 6.01. The van der Waals surface area contributed by atoms with Gasteiger partial charge in [0.1, 0.15) is 17.6 Å². The molecule has 3 aromatic rings. The monoisotopic (exact) mass is 327 g/mol. The summed E-state index contributed by atoms with van der Waals surface area (Å²) in [6.07, 6.45) is 3.71. The fourth-order valence-corrected chi connectivity index (χ4v) is 2.96. The molecule has 0 bridgehead atoms. The zero-order valence-electron chi connectivity index (χ0n) is 13.0. The summed E-state index contributed by atoms with van der Waals surface area (Å²) >= 11 is 0. The van der Waals surface area contributed by atoms with E-state index >= 15 is 0 Å². The molecule has 1 aliphatic carbocycles. The van der Waals surface area contributed by atoms with E-state index in [-0.39, 0.29) is 24.6 Å². The van der Waals surface area contributed by atoms with Gasteiger partial charge < -0.3 is 14.8 Å². The maximum Gasteiger partial charge on any atom is 0.297 e. The minimum Gasteiger partial charge on any atom is -0.448 e. The highest BCUT2D eigenvalue weighted by Crippen LogP contribution is 2.30. The van der Waals surface area contributed by atoms with Crippen molar-refractivity contribution in [1.29, 1.82) is 0 Å². The van der Waals surface area contributed by atoms with E-state index in [0.29, 0.717) is 23.9 Å². The van der Waals surface area contributed by atoms with Crippen LogP contribution in [0.2, 0.25) is 0 Å². The van der Waals surface area contributed by atoms with Crippen LogP contribution in [-0.4, -0.2) is 32.7 Å². The molecule has 4 rings (SSSR count). The Morgan fingerprint density at radius 1 is 1.38 bits per heavy atom. The van der Waals surface area contributed by atoms with E-state index in [1.54, 1.807) is 6.07 Å². The number of aliphatic hydroxyl groups is 1. The summed E-state index contributed by atoms with van der Waals surface area (Å²) in [6.45, 7) is 0.0514. The molecular formula is C17H17N3O4. The van der Waals surface area contributed by atoms with E-state index in [1.165, 1.54) is 10.9 Å². The predicted octanol–water partition coefficient (Wildman–Crippen LogP) is 1.17. The van der Waals surface area contributed by atoms with Crippen LogP contribution in [0.5, 0.6) is 0 Å². The molecule has 1 amide bonds. The number of carbonyl (C=O) groups excluding carboxylic acids is 1. The summed E-state index contributed by atoms with van der Waals surface area (Å²) in [4.78, 5) is 28.8. The minimum absolute atomic E-state index is 0.143. The average molecular weight is 327 g/mol. The summed E-state index contributed by atoms with van der Waals surface area (Å²) in [5.74, 6) is -0.338. The van der Waals surface area contributed by atoms with Gasteiger partial charge in [0.25, 0.3) is 5.56 Å². The lowest BCUT2D eigenvalue weighted by molar-refractivity contribution is -0.124. The molecule has 2 aromatic heterocycles. The van der Waals surface area contributed by atoms with Gasteiger partial charge >= 0.3 is 0 Å². The number of nitrogens with one attached hydrogen (secondary N) is 1. The lowest BCUT2D eigenvalue weighted by atomic mass is 9.80. The van der Waals surface area contributed by atoms with Crippen LogP contribution in [0.1, 0.15) is 19.3 Å². The van der Waals surface area contributed by atoms with Crippen LogP contribution in [0, 0.1) is 0 Å². The fraction of sp³-hybridized carbons (Fsp3) is 0.353. The van der Waals surface area contributed by atoms with Gasteiger partial charge in [0, 0.05) is 11.9 Å². The molecule has 2 N–H and O–H groups in total. The molecule has 0 atom stereocenters. The molecular weight excluding hydrogens is 310 g/mol. The van der Waals surface area contributed by atoms with Crippen LogP contribution in [0.15, 0.2) is 39.8 Å². The van der Waals surface area contributed by atoms with E-state index < -0.39 is 11.2 Å². The lowest BCUT2D eigenvalue weighted by Crippen LogP contribution is -2.48. The number of aromatic nitrogens is 2. The Bertz CT molecular complexity index is 984. The molecule has 1 aliphatic rings. The van der Waals surface area contributed by atoms with Crippen molar-refractivity contribution in [2.24, 2.45) is 0 Å². The number of rotatable bonds is 4. The SMILES string of the molecule is O=C(Cn1cnc2c(oc3ccccc32)c1=O)NCC1(O)CCC1. The van der Waals surface area contributed by atoms with Gasteiger partial charge in [0.2, 0.25) is 11.5 Å². The van der Waals surface area contributed by atoms with Gasteiger partial charge in [-0.3, -0.25) is 14.2 Å². The van der Waals surface area contributed by atoms with Gasteiger partial charge in [-0.2, -0.15) is 0 Å². The van der Waals surface area contributed by atoms with Gasteiger partial charge in [-0.05, 0) is 31.4 Å². The first kappa shape index (κ1) is 14.9. The van der Waals surface area contributed by atoms with Crippen molar-refractivity contribution in [3.63, 3.8) is 0 Å². The van der Waals surface area contributed by atoms with Gasteiger partial charge in [-0.15, -0.1) is 0 Å². The maximum absolute atomic E-state index is 12.5. The van der Waals surface area contributed by atoms with Crippen LogP contribution in [-0.2, 0) is 11.3 Å². The van der Waals surface area contributed by atoms with Crippen LogP contribution in [0.25, 0.3) is 22.1 Å². The topological polar surface area (TPSA) is 97.4 Å². The second kappa shape index (κ2) is 5.45. The largest absolute Gasteiger partial charge is 0.448 e. The predicted molar refractivity (Wildman–Crippen MR) is 87.6 cm³/mol. The molecule has 7 nitrogen and oxygen atoms in total. The molecule has 0 aliphatic heterocycles. The molecule has 1 aromatic carbocycles. The van der Waals surface area contributed by atoms with Crippen molar-refractivity contribution in [3.05, 3.63) is 40.9 Å². The number of fused-ring (bicyclic) bond motifs is 3. The lowest BCUT2D eigenvalue weighted by Gasteiger charge is -2.36. The minimum atomic E-state index is -0.790. The van der Waals surface area contributed by atoms with Gasteiger partial charge in [0.05, 0.1) is 11.9 Å². The Morgan fingerprint density at radius 2 is 2.17 bits per heavy atom. The molecule has 1 saturated carbocycles. The summed E-state index contributed by atoms with van der Waals surface area (Å²) in [7, 11) is 0. The highest BCUT2D eigenvalue weighted by Gasteiger charge is 2.34. The van der Waals surface area contributed by atoms with E-state index in [1.807, 2.05) is 18.2 Å². The molecule has 1 fully saturated rings. The summed E-state index contributed by atoms with van der Waals surface area (Å²) < 4.78 is 6.79. The quantitative estimate of drug-likeness (QED) is 0.750. The number of para-hydroxylation sites is 1. The number of nitrogens with zero attached hydrogens (tertiary/aromatic N) is 2. The second-order valence-electron chi connectivity index (χ2n) is 6.31. The third-order valence-corrected chi connectivity index (χ3v) is 4.56. The Labute approximate surface area is 136 Å². The van der Waals surface area contributed by atoms with Gasteiger partial charge in [-0.1, -0.05) is 12.1 Å². The van der Waals surface area contributed by atoms with Crippen molar-refractivity contribution >= 4 is 28.0 Å². The van der Waals surface area contributed by atoms with Crippen LogP contribution < -0.4 is 10.9 Å². The third-order valence-electron chi connectivity index (χ3n) is 4.56. The van der Waals surface area contributed by atoms with Crippen molar-refractivity contribution in [2.75, 3.05) is 6.54 Å². The fourth-order valence-electron chi connectivity index (χ4n) is 2.96. The summed E-state index contributed by atoms with van der Waals surface area (Å²) in [6, 6.07) is 7.28. The number of furan rings is 1. The van der Waals surface area contributed by atoms with Crippen molar-refractivity contribution in [2.45, 2.75) is 31.4 Å². The standard InChI is InChI=1S/C17H17N3O4/c21-13(18-9-17(23)6-3-7-17)8-20-10-19-14-11-4-1-2-5-12(11)24-15(14)16(20)22/h1-2,4-5,10,23H,3,6-9H2,(H,18,21). The van der Waals surface area contributed by atoms with Crippen LogP contribution >= 0.6 is 0 Å². The molecule has 124 valence electrons. The zero-order chi connectivity index (χ0) is 16.7. The molecule has 24 heavy (non-hydrogen) atoms. The Kier molecular flexibility index (Phi) is 3.38. The summed E-state index contributed by atoms with van der Waals surface area (Å²) in [5, 5.41) is 13.4. The second-order valence-corrected chi connectivity index (χ2v) is 6.31. The first-order chi connectivity index (χ1) is 11.6. The first-order valence-corrected chi connectivity index (χ1v) is 7.92. The number of benzene rings is 1. The Balaban J connectivity index is 1.58. The van der Waals surface area contributed by atoms with Gasteiger partial charge in [-0.25, -0.2) is 4.98 Å². The molecule has 0 radical (unpaired) electrons. The molecule has 0 saturated heterocycles. The maximum atomic E-state index is 12.5. The molecule has 0 spiro atoms. The first-order valence-electron chi connectivity index (χ1n) is 7.92. The number of amides is 1. The van der Waals surface area contributed by atoms with E-state index in [9.17, 15) is 14.7 Å². The van der Waals surface area contributed by atoms with Crippen LogP contribution in [0.3, 0.4) is 0 Å². The summed E-state index contributed by atoms with van der Waals surface area (Å²) in [5.41, 5.74) is 0.0436. The van der Waals surface area contributed by atoms with Gasteiger partial charge in [0.15, 0.2) is 0 Å². The number of carbonyl (C=O) groups is 1. The Hall–Kier alpha value is -2.67. The third kappa shape index (κ3) is 2.46. The zero-order valence-corrected chi connectivity index (χ0v) is 13.0. The molecule has 0 unspecified atom stereocenters. The van der Waals surface area contributed by atoms with Crippen molar-refractivity contribution < 1.29 is 14.3 Å². The number of hydrogen-bond acceptors (Lipinski definition) is 5. The average Bonchev–Trinajstić information content (AvgIpc) is 2.93. The molecule has 2 heterocycles. The Morgan fingerprint density at radius 3 is 2.92 bits per heavy atom. The van der Waals surface area contributed by atoms with E-state index in [0.717, 1.165) is 11.8 Å². The smallest absolute Gasteiger partial charge is 0.297 e. The van der Waals surface area contributed by atoms with Crippen molar-refractivity contribution in [1.82, 2.24) is 14.9 Å². The highest BCUT2D eigenvalue weighted by atomic mass is 16.3. The van der Waals surface area contributed by atoms with E-state index in [2.05, 4.69) is 10.3 Å². The molecule has 7 heteroatoms. The van der Waals surface area contributed by atoms with Crippen molar-refractivity contribution in [3.8, 4) is 0 Å². The normalized spacial score (nSPS) is 16.2.